The van der Waals surface area contributed by atoms with Crippen LogP contribution >= 0.6 is 0 Å². The van der Waals surface area contributed by atoms with E-state index in [4.69, 9.17) is 0 Å². The Kier molecular flexibility index (Phi) is 17.7. The molecule has 0 spiro atoms. The minimum Gasteiger partial charge on any atom is -0.506 e. The van der Waals surface area contributed by atoms with Crippen molar-refractivity contribution >= 4 is 5.69 Å². The molecule has 0 aromatic heterocycles. The first kappa shape index (κ1) is 26.9. The van der Waals surface area contributed by atoms with Gasteiger partial charge in [-0.2, -0.15) is 0 Å². The summed E-state index contributed by atoms with van der Waals surface area (Å²) in [5, 5.41) is 10.3. The Labute approximate surface area is 188 Å². The lowest BCUT2D eigenvalue weighted by atomic mass is 10.1. The quantitative estimate of drug-likeness (QED) is 0.201. The van der Waals surface area contributed by atoms with Crippen LogP contribution in [0.4, 0.5) is 5.69 Å². The van der Waals surface area contributed by atoms with Crippen molar-refractivity contribution in [3.8, 4) is 5.75 Å². The summed E-state index contributed by atoms with van der Waals surface area (Å²) < 4.78 is 0. The summed E-state index contributed by atoms with van der Waals surface area (Å²) in [6.07, 6.45) is 24.5. The summed E-state index contributed by atoms with van der Waals surface area (Å²) >= 11 is 0. The van der Waals surface area contributed by atoms with E-state index < -0.39 is 0 Å². The number of nitrogens with zero attached hydrogens (tertiary/aromatic N) is 1. The van der Waals surface area contributed by atoms with Gasteiger partial charge < -0.3 is 10.0 Å². The van der Waals surface area contributed by atoms with E-state index in [9.17, 15) is 5.11 Å². The van der Waals surface area contributed by atoms with Gasteiger partial charge in [0.2, 0.25) is 0 Å². The Morgan fingerprint density at radius 2 is 0.900 bits per heavy atom. The highest BCUT2D eigenvalue weighted by Gasteiger charge is 2.10. The number of aromatic hydroxyl groups is 1. The largest absolute Gasteiger partial charge is 0.506 e. The smallest absolute Gasteiger partial charge is 0.138 e. The normalized spacial score (nSPS) is 11.1. The fourth-order valence-corrected chi connectivity index (χ4v) is 4.31. The topological polar surface area (TPSA) is 23.5 Å². The van der Waals surface area contributed by atoms with Crippen molar-refractivity contribution in [1.82, 2.24) is 0 Å². The zero-order chi connectivity index (χ0) is 21.7. The number of rotatable bonds is 21. The third kappa shape index (κ3) is 13.9. The number of para-hydroxylation sites is 2. The van der Waals surface area contributed by atoms with E-state index in [0.717, 1.165) is 18.8 Å². The van der Waals surface area contributed by atoms with Crippen LogP contribution in [-0.2, 0) is 0 Å². The van der Waals surface area contributed by atoms with E-state index in [-0.39, 0.29) is 0 Å². The molecule has 1 aromatic carbocycles. The molecule has 1 N–H and O–H groups in total. The van der Waals surface area contributed by atoms with E-state index in [1.807, 2.05) is 12.1 Å². The SMILES string of the molecule is CCCCCCCCCCCN(CCCCCCCCCCC)c1ccccc1O. The number of benzene rings is 1. The van der Waals surface area contributed by atoms with Gasteiger partial charge in [-0.05, 0) is 25.0 Å². The molecule has 1 aromatic rings. The molecular formula is C28H51NO. The molecule has 0 radical (unpaired) electrons. The predicted octanol–water partition coefficient (Wildman–Crippen LogP) is 9.26. The van der Waals surface area contributed by atoms with Crippen LogP contribution < -0.4 is 4.90 Å². The van der Waals surface area contributed by atoms with Crippen molar-refractivity contribution in [3.63, 3.8) is 0 Å². The number of phenolic OH excluding ortho intramolecular Hbond substituents is 1. The highest BCUT2D eigenvalue weighted by molar-refractivity contribution is 5.57. The Hall–Kier alpha value is -1.18. The molecule has 0 bridgehead atoms. The molecule has 0 saturated heterocycles. The zero-order valence-corrected chi connectivity index (χ0v) is 20.3. The number of hydrogen-bond donors (Lipinski definition) is 1. The molecule has 0 aliphatic heterocycles. The second kappa shape index (κ2) is 19.8. The van der Waals surface area contributed by atoms with Crippen molar-refractivity contribution < 1.29 is 5.11 Å². The lowest BCUT2D eigenvalue weighted by Crippen LogP contribution is -2.25. The Balaban J connectivity index is 2.22. The number of anilines is 1. The molecule has 0 amide bonds. The van der Waals surface area contributed by atoms with Crippen molar-refractivity contribution in [2.75, 3.05) is 18.0 Å². The second-order valence-electron chi connectivity index (χ2n) is 9.13. The maximum absolute atomic E-state index is 10.3. The van der Waals surface area contributed by atoms with Crippen LogP contribution in [0.25, 0.3) is 0 Å². The van der Waals surface area contributed by atoms with Gasteiger partial charge >= 0.3 is 0 Å². The zero-order valence-electron chi connectivity index (χ0n) is 20.3. The van der Waals surface area contributed by atoms with Gasteiger partial charge in [0.1, 0.15) is 5.75 Å². The summed E-state index contributed by atoms with van der Waals surface area (Å²) in [6, 6.07) is 7.88. The van der Waals surface area contributed by atoms with Crippen LogP contribution in [0.2, 0.25) is 0 Å². The van der Waals surface area contributed by atoms with E-state index in [0.29, 0.717) is 5.75 Å². The molecule has 0 heterocycles. The van der Waals surface area contributed by atoms with Crippen molar-refractivity contribution in [1.29, 1.82) is 0 Å². The molecule has 1 rings (SSSR count). The maximum Gasteiger partial charge on any atom is 0.138 e. The third-order valence-electron chi connectivity index (χ3n) is 6.29. The van der Waals surface area contributed by atoms with E-state index in [1.165, 1.54) is 116 Å². The van der Waals surface area contributed by atoms with Crippen LogP contribution in [0, 0.1) is 0 Å². The number of phenols is 1. The lowest BCUT2D eigenvalue weighted by molar-refractivity contribution is 0.471. The Bertz CT molecular complexity index is 465. The molecule has 0 saturated carbocycles. The van der Waals surface area contributed by atoms with Crippen LogP contribution in [0.1, 0.15) is 129 Å². The van der Waals surface area contributed by atoms with Crippen molar-refractivity contribution in [3.05, 3.63) is 24.3 Å². The highest BCUT2D eigenvalue weighted by Crippen LogP contribution is 2.27. The van der Waals surface area contributed by atoms with Gasteiger partial charge in [0.05, 0.1) is 5.69 Å². The summed E-state index contributed by atoms with van der Waals surface area (Å²) in [4.78, 5) is 2.43. The molecule has 0 fully saturated rings. The minimum absolute atomic E-state index is 0.435. The molecule has 0 aliphatic carbocycles. The molecule has 2 heteroatoms. The highest BCUT2D eigenvalue weighted by atomic mass is 16.3. The summed E-state index contributed by atoms with van der Waals surface area (Å²) in [5.41, 5.74) is 1.02. The molecule has 2 nitrogen and oxygen atoms in total. The lowest BCUT2D eigenvalue weighted by Gasteiger charge is -2.25. The van der Waals surface area contributed by atoms with Gasteiger partial charge in [0.25, 0.3) is 0 Å². The maximum atomic E-state index is 10.3. The molecule has 0 atom stereocenters. The summed E-state index contributed by atoms with van der Waals surface area (Å²) in [5.74, 6) is 0.435. The van der Waals surface area contributed by atoms with Crippen LogP contribution in [-0.4, -0.2) is 18.2 Å². The minimum atomic E-state index is 0.435. The van der Waals surface area contributed by atoms with Crippen molar-refractivity contribution in [2.45, 2.75) is 129 Å². The van der Waals surface area contributed by atoms with Gasteiger partial charge in [-0.3, -0.25) is 0 Å². The van der Waals surface area contributed by atoms with E-state index >= 15 is 0 Å². The van der Waals surface area contributed by atoms with Gasteiger partial charge in [-0.1, -0.05) is 129 Å². The van der Waals surface area contributed by atoms with Crippen molar-refractivity contribution in [2.24, 2.45) is 0 Å². The monoisotopic (exact) mass is 417 g/mol. The van der Waals surface area contributed by atoms with E-state index in [1.54, 1.807) is 0 Å². The van der Waals surface area contributed by atoms with Gasteiger partial charge in [-0.15, -0.1) is 0 Å². The van der Waals surface area contributed by atoms with Gasteiger partial charge in [0.15, 0.2) is 0 Å². The first-order valence-corrected chi connectivity index (χ1v) is 13.3. The molecule has 0 unspecified atom stereocenters. The number of hydrogen-bond acceptors (Lipinski definition) is 2. The Morgan fingerprint density at radius 1 is 0.533 bits per heavy atom. The van der Waals surface area contributed by atoms with Crippen LogP contribution in [0.5, 0.6) is 5.75 Å². The average Bonchev–Trinajstić information content (AvgIpc) is 2.76. The first-order chi connectivity index (χ1) is 14.8. The van der Waals surface area contributed by atoms with Crippen LogP contribution in [0.3, 0.4) is 0 Å². The standard InChI is InChI=1S/C28H51NO/c1-3-5-7-9-11-13-15-17-21-25-29(27-23-19-20-24-28(27)30)26-22-18-16-14-12-10-8-6-4-2/h19-20,23-24,30H,3-18,21-22,25-26H2,1-2H3. The fourth-order valence-electron chi connectivity index (χ4n) is 4.31. The predicted molar refractivity (Wildman–Crippen MR) is 135 cm³/mol. The molecule has 30 heavy (non-hydrogen) atoms. The van der Waals surface area contributed by atoms with Gasteiger partial charge in [-0.25, -0.2) is 0 Å². The molecule has 174 valence electrons. The third-order valence-corrected chi connectivity index (χ3v) is 6.29. The Morgan fingerprint density at radius 3 is 1.30 bits per heavy atom. The fraction of sp³-hybridized carbons (Fsp3) is 0.786. The number of unbranched alkanes of at least 4 members (excludes halogenated alkanes) is 16. The van der Waals surface area contributed by atoms with Crippen LogP contribution in [0.15, 0.2) is 24.3 Å². The average molecular weight is 418 g/mol. The summed E-state index contributed by atoms with van der Waals surface area (Å²) in [6.45, 7) is 6.71. The van der Waals surface area contributed by atoms with E-state index in [2.05, 4.69) is 30.9 Å². The van der Waals surface area contributed by atoms with Gasteiger partial charge in [0, 0.05) is 13.1 Å². The second-order valence-corrected chi connectivity index (χ2v) is 9.13. The summed E-state index contributed by atoms with van der Waals surface area (Å²) in [7, 11) is 0. The molecule has 0 aliphatic rings. The first-order valence-electron chi connectivity index (χ1n) is 13.3. The molecular weight excluding hydrogens is 366 g/mol.